The van der Waals surface area contributed by atoms with Crippen LogP contribution in [0.3, 0.4) is 0 Å². The molecule has 0 spiro atoms. The van der Waals surface area contributed by atoms with Crippen LogP contribution in [0.1, 0.15) is 34.5 Å². The molecule has 1 aliphatic heterocycles. The highest BCUT2D eigenvalue weighted by molar-refractivity contribution is 14.1. The normalized spacial score (nSPS) is 18.2. The second-order valence-electron chi connectivity index (χ2n) is 9.98. The molecule has 3 aromatic rings. The number of pyridine rings is 1. The van der Waals surface area contributed by atoms with Gasteiger partial charge in [-0.25, -0.2) is 9.37 Å². The van der Waals surface area contributed by atoms with E-state index >= 15 is 0 Å². The van der Waals surface area contributed by atoms with Crippen LogP contribution in [0.2, 0.25) is 0 Å². The van der Waals surface area contributed by atoms with Gasteiger partial charge in [0, 0.05) is 21.1 Å². The number of aromatic hydroxyl groups is 1. The van der Waals surface area contributed by atoms with Gasteiger partial charge in [-0.15, -0.1) is 0 Å². The van der Waals surface area contributed by atoms with Crippen molar-refractivity contribution in [3.05, 3.63) is 71.2 Å². The number of halogens is 5. The summed E-state index contributed by atoms with van der Waals surface area (Å²) in [7, 11) is 1.31. The molecule has 1 aliphatic rings. The lowest BCUT2D eigenvalue weighted by molar-refractivity contribution is -0.265. The molecule has 2 unspecified atom stereocenters. The number of amides is 1. The Morgan fingerprint density at radius 1 is 1.16 bits per heavy atom. The number of hydrogen-bond acceptors (Lipinski definition) is 8. The quantitative estimate of drug-likeness (QED) is 0.113. The monoisotopic (exact) mass is 719 g/mol. The molecule has 1 saturated heterocycles. The zero-order valence-corrected chi connectivity index (χ0v) is 25.1. The smallest absolute Gasteiger partial charge is 0.424 e. The molecule has 232 valence electrons. The van der Waals surface area contributed by atoms with Crippen LogP contribution in [0.5, 0.6) is 17.2 Å². The van der Waals surface area contributed by atoms with Gasteiger partial charge < -0.3 is 35.4 Å². The summed E-state index contributed by atoms with van der Waals surface area (Å²) in [4.78, 5) is 17.0. The topological polar surface area (TPSA) is 133 Å². The zero-order valence-electron chi connectivity index (χ0n) is 23.0. The summed E-state index contributed by atoms with van der Waals surface area (Å²) in [6.07, 6.45) is -4.13. The fourth-order valence-corrected chi connectivity index (χ4v) is 5.94. The number of hydrogen-bond donors (Lipinski definition) is 5. The average molecular weight is 719 g/mol. The molecule has 1 aromatic heterocycles. The van der Waals surface area contributed by atoms with E-state index in [9.17, 15) is 32.6 Å². The molecule has 2 atom stereocenters. The van der Waals surface area contributed by atoms with Crippen LogP contribution >= 0.6 is 22.6 Å². The number of rotatable bonds is 11. The number of carbonyl (C=O) groups is 1. The highest BCUT2D eigenvalue weighted by Gasteiger charge is 2.57. The van der Waals surface area contributed by atoms with Gasteiger partial charge in [-0.05, 0) is 67.9 Å². The lowest BCUT2D eigenvalue weighted by Gasteiger charge is -2.34. The van der Waals surface area contributed by atoms with Gasteiger partial charge in [-0.1, -0.05) is 22.6 Å². The summed E-state index contributed by atoms with van der Waals surface area (Å²) < 4.78 is 68.6. The summed E-state index contributed by atoms with van der Waals surface area (Å²) in [5.41, 5.74) is -5.57. The average Bonchev–Trinajstić information content (AvgIpc) is 3.49. The van der Waals surface area contributed by atoms with Crippen molar-refractivity contribution in [2.45, 2.75) is 30.2 Å². The lowest BCUT2D eigenvalue weighted by atomic mass is 9.85. The minimum atomic E-state index is -5.32. The molecule has 14 heteroatoms. The molecular formula is C29H30F4IN3O6. The van der Waals surface area contributed by atoms with Gasteiger partial charge in [0.1, 0.15) is 23.9 Å². The van der Waals surface area contributed by atoms with Gasteiger partial charge in [-0.3, -0.25) is 4.79 Å². The number of ether oxygens (including phenoxy) is 2. The summed E-state index contributed by atoms with van der Waals surface area (Å²) in [5.74, 6) is -1.63. The van der Waals surface area contributed by atoms with Crippen LogP contribution in [0.15, 0.2) is 48.5 Å². The van der Waals surface area contributed by atoms with Crippen molar-refractivity contribution in [3.63, 3.8) is 0 Å². The maximum atomic E-state index is 14.7. The van der Waals surface area contributed by atoms with Crippen LogP contribution in [-0.2, 0) is 11.1 Å². The van der Waals surface area contributed by atoms with Gasteiger partial charge >= 0.3 is 6.18 Å². The van der Waals surface area contributed by atoms with Crippen molar-refractivity contribution >= 4 is 28.5 Å². The van der Waals surface area contributed by atoms with Crippen molar-refractivity contribution in [2.75, 3.05) is 37.8 Å². The third-order valence-corrected chi connectivity index (χ3v) is 8.57. The van der Waals surface area contributed by atoms with Crippen LogP contribution in [0, 0.1) is 5.82 Å². The van der Waals surface area contributed by atoms with Gasteiger partial charge in [0.05, 0.1) is 31.5 Å². The first-order valence-electron chi connectivity index (χ1n) is 13.2. The van der Waals surface area contributed by atoms with Crippen LogP contribution < -0.4 is 20.1 Å². The largest absolute Gasteiger partial charge is 0.505 e. The third-order valence-electron chi connectivity index (χ3n) is 7.27. The highest BCUT2D eigenvalue weighted by atomic mass is 127. The van der Waals surface area contributed by atoms with Crippen molar-refractivity contribution < 1.29 is 47.1 Å². The van der Waals surface area contributed by atoms with E-state index in [0.717, 1.165) is 18.2 Å². The second-order valence-corrected chi connectivity index (χ2v) is 10.7. The number of alkyl halides is 4. The van der Waals surface area contributed by atoms with Crippen LogP contribution in [-0.4, -0.2) is 70.2 Å². The molecule has 0 bridgehead atoms. The minimum Gasteiger partial charge on any atom is -0.505 e. The standard InChI is InChI=1S/C29H30F4IN3O6/c1-42-22-13-18(5-8-21(22)43-12-11-38)26(40)35-16-28(41,29(31,32)33)23-14-20(27(15-34)9-2-10-36-27)25(39)24(37-23)17-3-6-19(30)7-4-17/h3-8,13-14,36,38-39,41H,2,9-12,15-16H2,1H3,(H,35,40). The van der Waals surface area contributed by atoms with E-state index in [4.69, 9.17) is 14.6 Å². The molecule has 2 aromatic carbocycles. The first-order valence-corrected chi connectivity index (χ1v) is 14.7. The number of nitrogens with one attached hydrogen (secondary N) is 2. The molecule has 5 N–H and O–H groups in total. The summed E-state index contributed by atoms with van der Waals surface area (Å²) >= 11 is 2.07. The van der Waals surface area contributed by atoms with Crippen molar-refractivity contribution in [1.82, 2.24) is 15.6 Å². The fourth-order valence-electron chi connectivity index (χ4n) is 4.88. The minimum absolute atomic E-state index is 0.0452. The maximum Gasteiger partial charge on any atom is 0.424 e. The van der Waals surface area contributed by atoms with E-state index in [0.29, 0.717) is 23.8 Å². The molecule has 0 radical (unpaired) electrons. The molecule has 0 saturated carbocycles. The number of benzene rings is 2. The number of methoxy groups -OCH3 is 1. The van der Waals surface area contributed by atoms with E-state index in [1.54, 1.807) is 0 Å². The first kappa shape index (κ1) is 32.7. The lowest BCUT2D eigenvalue weighted by Crippen LogP contribution is -2.52. The Bertz CT molecular complexity index is 1450. The Hall–Kier alpha value is -3.21. The van der Waals surface area contributed by atoms with E-state index in [1.807, 2.05) is 0 Å². The first-order chi connectivity index (χ1) is 20.4. The van der Waals surface area contributed by atoms with Crippen molar-refractivity contribution in [3.8, 4) is 28.5 Å². The fraction of sp³-hybridized carbons (Fsp3) is 0.379. The summed E-state index contributed by atoms with van der Waals surface area (Å²) in [6, 6.07) is 9.59. The maximum absolute atomic E-state index is 14.7. The number of carbonyl (C=O) groups excluding carboxylic acids is 1. The number of nitrogens with zero attached hydrogens (tertiary/aromatic N) is 1. The van der Waals surface area contributed by atoms with Gasteiger partial charge in [0.15, 0.2) is 11.5 Å². The Kier molecular flexibility index (Phi) is 10.0. The Balaban J connectivity index is 1.77. The summed E-state index contributed by atoms with van der Waals surface area (Å²) in [6.45, 7) is -1.08. The van der Waals surface area contributed by atoms with E-state index < -0.39 is 47.0 Å². The van der Waals surface area contributed by atoms with Crippen LogP contribution in [0.25, 0.3) is 11.3 Å². The van der Waals surface area contributed by atoms with Gasteiger partial charge in [-0.2, -0.15) is 13.2 Å². The predicted octanol–water partition coefficient (Wildman–Crippen LogP) is 4.17. The van der Waals surface area contributed by atoms with E-state index in [-0.39, 0.29) is 47.1 Å². The molecule has 43 heavy (non-hydrogen) atoms. The Morgan fingerprint density at radius 2 is 1.88 bits per heavy atom. The SMILES string of the molecule is COc1cc(C(=O)NCC(O)(c2cc(C3(CI)CCCN3)c(O)c(-c3ccc(F)cc3)n2)C(F)(F)F)ccc1OCCO. The van der Waals surface area contributed by atoms with E-state index in [1.165, 1.54) is 37.4 Å². The number of aromatic nitrogens is 1. The third kappa shape index (κ3) is 6.66. The molecule has 4 rings (SSSR count). The molecule has 1 fully saturated rings. The molecular weight excluding hydrogens is 689 g/mol. The predicted molar refractivity (Wildman–Crippen MR) is 157 cm³/mol. The zero-order chi connectivity index (χ0) is 31.4. The molecule has 0 aliphatic carbocycles. The number of aliphatic hydroxyl groups is 2. The highest BCUT2D eigenvalue weighted by Crippen LogP contribution is 2.46. The summed E-state index contributed by atoms with van der Waals surface area (Å²) in [5, 5.41) is 36.9. The van der Waals surface area contributed by atoms with E-state index in [2.05, 4.69) is 38.2 Å². The second kappa shape index (κ2) is 13.2. The van der Waals surface area contributed by atoms with Gasteiger partial charge in [0.25, 0.3) is 5.91 Å². The molecule has 2 heterocycles. The number of aliphatic hydroxyl groups excluding tert-OH is 1. The van der Waals surface area contributed by atoms with Gasteiger partial charge in [0.2, 0.25) is 5.60 Å². The molecule has 1 amide bonds. The molecule has 9 nitrogen and oxygen atoms in total. The Morgan fingerprint density at radius 3 is 2.47 bits per heavy atom. The van der Waals surface area contributed by atoms with Crippen molar-refractivity contribution in [1.29, 1.82) is 0 Å². The van der Waals surface area contributed by atoms with Crippen LogP contribution in [0.4, 0.5) is 17.6 Å². The Labute approximate surface area is 258 Å². The van der Waals surface area contributed by atoms with Crippen molar-refractivity contribution in [2.24, 2.45) is 0 Å².